The van der Waals surface area contributed by atoms with E-state index in [0.717, 1.165) is 6.42 Å². The first kappa shape index (κ1) is 16.3. The number of guanidine groups is 1. The number of hydrogen-bond donors (Lipinski definition) is 2. The molecule has 0 aromatic heterocycles. The Kier molecular flexibility index (Phi) is 5.80. The van der Waals surface area contributed by atoms with Gasteiger partial charge < -0.3 is 15.8 Å². The SMILES string of the molecule is CCC(CN=C(N)NC(C)(C)C)Oc1cccc(F)c1. The fourth-order valence-corrected chi connectivity index (χ4v) is 1.61. The molecular formula is C15H24FN3O. The Balaban J connectivity index is 2.57. The molecule has 0 saturated carbocycles. The Morgan fingerprint density at radius 1 is 1.45 bits per heavy atom. The molecule has 0 bridgehead atoms. The van der Waals surface area contributed by atoms with Gasteiger partial charge in [-0.25, -0.2) is 9.38 Å². The Morgan fingerprint density at radius 2 is 2.15 bits per heavy atom. The van der Waals surface area contributed by atoms with Crippen molar-refractivity contribution in [3.8, 4) is 5.75 Å². The van der Waals surface area contributed by atoms with E-state index in [1.807, 2.05) is 27.7 Å². The molecule has 0 saturated heterocycles. The lowest BCUT2D eigenvalue weighted by molar-refractivity contribution is 0.205. The van der Waals surface area contributed by atoms with Crippen molar-refractivity contribution in [1.82, 2.24) is 5.32 Å². The summed E-state index contributed by atoms with van der Waals surface area (Å²) in [6.45, 7) is 8.45. The van der Waals surface area contributed by atoms with Crippen LogP contribution < -0.4 is 15.8 Å². The van der Waals surface area contributed by atoms with Crippen LogP contribution in [-0.2, 0) is 0 Å². The first-order valence-corrected chi connectivity index (χ1v) is 6.80. The summed E-state index contributed by atoms with van der Waals surface area (Å²) in [4.78, 5) is 4.26. The summed E-state index contributed by atoms with van der Waals surface area (Å²) in [6, 6.07) is 6.10. The van der Waals surface area contributed by atoms with E-state index in [1.54, 1.807) is 12.1 Å². The minimum atomic E-state index is -0.310. The van der Waals surface area contributed by atoms with Gasteiger partial charge >= 0.3 is 0 Å². The monoisotopic (exact) mass is 281 g/mol. The van der Waals surface area contributed by atoms with Crippen molar-refractivity contribution in [1.29, 1.82) is 0 Å². The van der Waals surface area contributed by atoms with Gasteiger partial charge in [0.15, 0.2) is 5.96 Å². The second-order valence-electron chi connectivity index (χ2n) is 5.71. The van der Waals surface area contributed by atoms with Gasteiger partial charge in [0.25, 0.3) is 0 Å². The van der Waals surface area contributed by atoms with Gasteiger partial charge in [0, 0.05) is 11.6 Å². The number of hydrogen-bond acceptors (Lipinski definition) is 2. The summed E-state index contributed by atoms with van der Waals surface area (Å²) in [6.07, 6.45) is 0.639. The van der Waals surface area contributed by atoms with Crippen molar-refractivity contribution in [2.75, 3.05) is 6.54 Å². The van der Waals surface area contributed by atoms with Crippen molar-refractivity contribution >= 4 is 5.96 Å². The van der Waals surface area contributed by atoms with E-state index < -0.39 is 0 Å². The van der Waals surface area contributed by atoms with Gasteiger partial charge in [-0.1, -0.05) is 13.0 Å². The van der Waals surface area contributed by atoms with Crippen molar-refractivity contribution in [2.24, 2.45) is 10.7 Å². The van der Waals surface area contributed by atoms with Gasteiger partial charge in [-0.3, -0.25) is 0 Å². The standard InChI is InChI=1S/C15H24FN3O/c1-5-12(10-18-14(17)19-15(2,3)4)20-13-8-6-7-11(16)9-13/h6-9,12H,5,10H2,1-4H3,(H3,17,18,19). The number of rotatable bonds is 5. The lowest BCUT2D eigenvalue weighted by atomic mass is 10.1. The summed E-state index contributed by atoms with van der Waals surface area (Å²) in [5.41, 5.74) is 5.68. The van der Waals surface area contributed by atoms with Gasteiger partial charge in [-0.05, 0) is 39.3 Å². The van der Waals surface area contributed by atoms with E-state index in [9.17, 15) is 4.39 Å². The zero-order chi connectivity index (χ0) is 15.2. The smallest absolute Gasteiger partial charge is 0.189 e. The molecule has 1 aromatic rings. The molecule has 112 valence electrons. The highest BCUT2D eigenvalue weighted by atomic mass is 19.1. The van der Waals surface area contributed by atoms with E-state index >= 15 is 0 Å². The third kappa shape index (κ3) is 6.41. The lowest BCUT2D eigenvalue weighted by Gasteiger charge is -2.22. The fourth-order valence-electron chi connectivity index (χ4n) is 1.61. The number of ether oxygens (including phenoxy) is 1. The van der Waals surface area contributed by atoms with E-state index in [1.165, 1.54) is 12.1 Å². The quantitative estimate of drug-likeness (QED) is 0.644. The highest BCUT2D eigenvalue weighted by molar-refractivity contribution is 5.78. The summed E-state index contributed by atoms with van der Waals surface area (Å²) >= 11 is 0. The molecule has 0 aliphatic carbocycles. The number of nitrogens with zero attached hydrogens (tertiary/aromatic N) is 1. The minimum absolute atomic E-state index is 0.126. The molecule has 3 N–H and O–H groups in total. The van der Waals surface area contributed by atoms with Crippen LogP contribution in [0.2, 0.25) is 0 Å². The van der Waals surface area contributed by atoms with Crippen LogP contribution in [0.5, 0.6) is 5.75 Å². The van der Waals surface area contributed by atoms with E-state index in [-0.39, 0.29) is 17.5 Å². The zero-order valence-electron chi connectivity index (χ0n) is 12.6. The molecule has 1 aromatic carbocycles. The highest BCUT2D eigenvalue weighted by Crippen LogP contribution is 2.15. The van der Waals surface area contributed by atoms with Crippen LogP contribution in [0.25, 0.3) is 0 Å². The van der Waals surface area contributed by atoms with Crippen LogP contribution in [0.1, 0.15) is 34.1 Å². The molecule has 0 fully saturated rings. The molecular weight excluding hydrogens is 257 g/mol. The van der Waals surface area contributed by atoms with Crippen LogP contribution in [0.15, 0.2) is 29.3 Å². The van der Waals surface area contributed by atoms with Crippen LogP contribution in [0, 0.1) is 5.82 Å². The number of halogens is 1. The van der Waals surface area contributed by atoms with Gasteiger partial charge in [0.05, 0.1) is 6.54 Å². The molecule has 0 heterocycles. The molecule has 0 amide bonds. The average Bonchev–Trinajstić information content (AvgIpc) is 2.32. The molecule has 0 aliphatic rings. The number of nitrogens with two attached hydrogens (primary N) is 1. The molecule has 0 aliphatic heterocycles. The Hall–Kier alpha value is -1.78. The van der Waals surface area contributed by atoms with Crippen LogP contribution in [-0.4, -0.2) is 24.1 Å². The predicted molar refractivity (Wildman–Crippen MR) is 80.5 cm³/mol. The second-order valence-corrected chi connectivity index (χ2v) is 5.71. The summed E-state index contributed by atoms with van der Waals surface area (Å²) in [7, 11) is 0. The first-order valence-electron chi connectivity index (χ1n) is 6.80. The summed E-state index contributed by atoms with van der Waals surface area (Å²) in [5.74, 6) is 0.586. The average molecular weight is 281 g/mol. The maximum atomic E-state index is 13.1. The Morgan fingerprint density at radius 3 is 2.70 bits per heavy atom. The highest BCUT2D eigenvalue weighted by Gasteiger charge is 2.12. The topological polar surface area (TPSA) is 59.6 Å². The van der Waals surface area contributed by atoms with Crippen molar-refractivity contribution in [3.05, 3.63) is 30.1 Å². The zero-order valence-corrected chi connectivity index (χ0v) is 12.6. The van der Waals surface area contributed by atoms with E-state index in [2.05, 4.69) is 10.3 Å². The normalized spacial score (nSPS) is 13.9. The van der Waals surface area contributed by atoms with E-state index in [4.69, 9.17) is 10.5 Å². The fraction of sp³-hybridized carbons (Fsp3) is 0.533. The molecule has 1 unspecified atom stereocenters. The largest absolute Gasteiger partial charge is 0.488 e. The van der Waals surface area contributed by atoms with Crippen molar-refractivity contribution in [2.45, 2.75) is 45.8 Å². The molecule has 4 nitrogen and oxygen atoms in total. The Bertz CT molecular complexity index is 455. The van der Waals surface area contributed by atoms with E-state index in [0.29, 0.717) is 18.3 Å². The summed E-state index contributed by atoms with van der Waals surface area (Å²) in [5, 5.41) is 3.08. The maximum absolute atomic E-state index is 13.1. The molecule has 5 heteroatoms. The number of benzene rings is 1. The molecule has 1 rings (SSSR count). The molecule has 20 heavy (non-hydrogen) atoms. The number of nitrogens with one attached hydrogen (secondary N) is 1. The van der Waals surface area contributed by atoms with Gasteiger partial charge in [-0.2, -0.15) is 0 Å². The molecule has 1 atom stereocenters. The van der Waals surface area contributed by atoms with Gasteiger partial charge in [0.2, 0.25) is 0 Å². The van der Waals surface area contributed by atoms with Crippen molar-refractivity contribution in [3.63, 3.8) is 0 Å². The first-order chi connectivity index (χ1) is 9.30. The van der Waals surface area contributed by atoms with Gasteiger partial charge in [0.1, 0.15) is 17.7 Å². The molecule has 0 radical (unpaired) electrons. The predicted octanol–water partition coefficient (Wildman–Crippen LogP) is 2.69. The Labute approximate surface area is 120 Å². The van der Waals surface area contributed by atoms with Crippen LogP contribution in [0.3, 0.4) is 0 Å². The third-order valence-electron chi connectivity index (χ3n) is 2.52. The lowest BCUT2D eigenvalue weighted by Crippen LogP contribution is -2.45. The van der Waals surface area contributed by atoms with Gasteiger partial charge in [-0.15, -0.1) is 0 Å². The second kappa shape index (κ2) is 7.12. The van der Waals surface area contributed by atoms with Crippen LogP contribution >= 0.6 is 0 Å². The maximum Gasteiger partial charge on any atom is 0.189 e. The molecule has 0 spiro atoms. The number of aliphatic imine (C=N–C) groups is 1. The minimum Gasteiger partial charge on any atom is -0.488 e. The third-order valence-corrected chi connectivity index (χ3v) is 2.52. The van der Waals surface area contributed by atoms with Crippen LogP contribution in [0.4, 0.5) is 4.39 Å². The summed E-state index contributed by atoms with van der Waals surface area (Å²) < 4.78 is 18.8. The van der Waals surface area contributed by atoms with Crippen molar-refractivity contribution < 1.29 is 9.13 Å².